The van der Waals surface area contributed by atoms with Gasteiger partial charge in [-0.05, 0) is 29.8 Å². The predicted octanol–water partition coefficient (Wildman–Crippen LogP) is 4.14. The summed E-state index contributed by atoms with van der Waals surface area (Å²) in [6, 6.07) is 15.6. The fourth-order valence-electron chi connectivity index (χ4n) is 2.85. The highest BCUT2D eigenvalue weighted by atomic mass is 16.6. The van der Waals surface area contributed by atoms with Crippen molar-refractivity contribution in [2.24, 2.45) is 0 Å². The molecule has 0 saturated carbocycles. The number of nitro groups is 1. The average Bonchev–Trinajstić information content (AvgIpc) is 2.66. The molecule has 7 nitrogen and oxygen atoms in total. The number of nitro benzene ring substituents is 1. The van der Waals surface area contributed by atoms with Crippen molar-refractivity contribution in [3.05, 3.63) is 86.6 Å². The van der Waals surface area contributed by atoms with Crippen molar-refractivity contribution >= 4 is 27.6 Å². The van der Waals surface area contributed by atoms with Crippen LogP contribution >= 0.6 is 0 Å². The van der Waals surface area contributed by atoms with E-state index in [4.69, 9.17) is 9.15 Å². The van der Waals surface area contributed by atoms with Crippen molar-refractivity contribution in [2.45, 2.75) is 6.61 Å². The summed E-state index contributed by atoms with van der Waals surface area (Å²) in [4.78, 5) is 22.8. The van der Waals surface area contributed by atoms with Gasteiger partial charge in [-0.2, -0.15) is 0 Å². The number of phenolic OH excluding ortho intramolecular Hbond substituents is 1. The van der Waals surface area contributed by atoms with Crippen molar-refractivity contribution in [1.29, 1.82) is 0 Å². The van der Waals surface area contributed by atoms with E-state index < -0.39 is 4.92 Å². The second-order valence-corrected chi connectivity index (χ2v) is 5.96. The summed E-state index contributed by atoms with van der Waals surface area (Å²) in [7, 11) is 0. The van der Waals surface area contributed by atoms with Crippen LogP contribution in [0, 0.1) is 10.1 Å². The van der Waals surface area contributed by atoms with Gasteiger partial charge in [-0.3, -0.25) is 14.9 Å². The van der Waals surface area contributed by atoms with Gasteiger partial charge in [0.1, 0.15) is 34.7 Å². The van der Waals surface area contributed by atoms with E-state index in [1.165, 1.54) is 24.3 Å². The second kappa shape index (κ2) is 6.45. The Morgan fingerprint density at radius 2 is 1.78 bits per heavy atom. The first kappa shape index (κ1) is 16.6. The molecule has 7 heteroatoms. The SMILES string of the molecule is O=c1c2ccccc2oc2cc(OCc3ccc([N+](=O)[O-])cc3)cc(O)c12. The number of phenols is 1. The third kappa shape index (κ3) is 3.06. The van der Waals surface area contributed by atoms with Gasteiger partial charge < -0.3 is 14.3 Å². The zero-order chi connectivity index (χ0) is 19.0. The fourth-order valence-corrected chi connectivity index (χ4v) is 2.85. The molecule has 1 N–H and O–H groups in total. The highest BCUT2D eigenvalue weighted by molar-refractivity contribution is 5.93. The molecule has 4 aromatic rings. The molecule has 0 unspecified atom stereocenters. The minimum Gasteiger partial charge on any atom is -0.507 e. The Balaban J connectivity index is 1.67. The summed E-state index contributed by atoms with van der Waals surface area (Å²) in [6.45, 7) is 0.140. The molecule has 1 heterocycles. The monoisotopic (exact) mass is 363 g/mol. The molecule has 0 aliphatic rings. The van der Waals surface area contributed by atoms with Gasteiger partial charge in [0.15, 0.2) is 0 Å². The summed E-state index contributed by atoms with van der Waals surface area (Å²) in [5.74, 6) is 0.0856. The molecule has 134 valence electrons. The van der Waals surface area contributed by atoms with Crippen LogP contribution in [0.15, 0.2) is 69.9 Å². The molecule has 0 aliphatic carbocycles. The van der Waals surface area contributed by atoms with Crippen molar-refractivity contribution in [3.8, 4) is 11.5 Å². The number of benzene rings is 3. The molecule has 0 fully saturated rings. The normalized spacial score (nSPS) is 11.0. The maximum atomic E-state index is 12.6. The number of hydrogen-bond acceptors (Lipinski definition) is 6. The van der Waals surface area contributed by atoms with Gasteiger partial charge >= 0.3 is 0 Å². The molecule has 0 spiro atoms. The van der Waals surface area contributed by atoms with Crippen LogP contribution in [-0.2, 0) is 6.61 Å². The first-order chi connectivity index (χ1) is 13.0. The van der Waals surface area contributed by atoms with Gasteiger partial charge in [0, 0.05) is 24.3 Å². The summed E-state index contributed by atoms with van der Waals surface area (Å²) < 4.78 is 11.4. The summed E-state index contributed by atoms with van der Waals surface area (Å²) in [5.41, 5.74) is 1.04. The molecule has 0 aliphatic heterocycles. The number of fused-ring (bicyclic) bond motifs is 2. The largest absolute Gasteiger partial charge is 0.507 e. The lowest BCUT2D eigenvalue weighted by Gasteiger charge is -2.09. The number of rotatable bonds is 4. The van der Waals surface area contributed by atoms with E-state index in [2.05, 4.69) is 0 Å². The fraction of sp³-hybridized carbons (Fsp3) is 0.0500. The Morgan fingerprint density at radius 3 is 2.52 bits per heavy atom. The van der Waals surface area contributed by atoms with E-state index in [0.717, 1.165) is 5.56 Å². The van der Waals surface area contributed by atoms with Crippen LogP contribution in [0.4, 0.5) is 5.69 Å². The summed E-state index contributed by atoms with van der Waals surface area (Å²) in [6.07, 6.45) is 0. The van der Waals surface area contributed by atoms with Gasteiger partial charge in [-0.15, -0.1) is 0 Å². The van der Waals surface area contributed by atoms with Crippen LogP contribution in [0.5, 0.6) is 11.5 Å². The molecule has 0 atom stereocenters. The molecular weight excluding hydrogens is 350 g/mol. The number of aromatic hydroxyl groups is 1. The topological polar surface area (TPSA) is 103 Å². The molecular formula is C20H13NO6. The molecule has 4 rings (SSSR count). The van der Waals surface area contributed by atoms with E-state index in [9.17, 15) is 20.0 Å². The molecule has 0 saturated heterocycles. The summed E-state index contributed by atoms with van der Waals surface area (Å²) in [5, 5.41) is 21.4. The molecule has 0 bridgehead atoms. The highest BCUT2D eigenvalue weighted by Gasteiger charge is 2.13. The Kier molecular flexibility index (Phi) is 3.97. The van der Waals surface area contributed by atoms with Crippen molar-refractivity contribution in [3.63, 3.8) is 0 Å². The zero-order valence-corrected chi connectivity index (χ0v) is 13.9. The van der Waals surface area contributed by atoms with Gasteiger partial charge in [-0.1, -0.05) is 12.1 Å². The lowest BCUT2D eigenvalue weighted by molar-refractivity contribution is -0.384. The van der Waals surface area contributed by atoms with Crippen LogP contribution in [0.25, 0.3) is 21.9 Å². The van der Waals surface area contributed by atoms with Crippen LogP contribution < -0.4 is 10.2 Å². The molecule has 0 amide bonds. The third-order valence-corrected chi connectivity index (χ3v) is 4.19. The Morgan fingerprint density at radius 1 is 1.04 bits per heavy atom. The van der Waals surface area contributed by atoms with Gasteiger partial charge in [0.2, 0.25) is 5.43 Å². The zero-order valence-electron chi connectivity index (χ0n) is 13.9. The minimum absolute atomic E-state index is 0.00393. The Bertz CT molecular complexity index is 1230. The Labute approximate surface area is 152 Å². The average molecular weight is 363 g/mol. The predicted molar refractivity (Wildman–Crippen MR) is 99.1 cm³/mol. The number of non-ortho nitro benzene ring substituents is 1. The number of hydrogen-bond donors (Lipinski definition) is 1. The quantitative estimate of drug-likeness (QED) is 0.332. The standard InChI is InChI=1S/C20H13NO6/c22-16-9-14(26-11-12-5-7-13(8-6-12)21(24)25)10-18-19(16)20(23)15-3-1-2-4-17(15)27-18/h1-10,22H,11H2. The molecule has 3 aromatic carbocycles. The smallest absolute Gasteiger partial charge is 0.269 e. The first-order valence-electron chi connectivity index (χ1n) is 8.07. The van der Waals surface area contributed by atoms with E-state index in [0.29, 0.717) is 16.7 Å². The molecule has 0 radical (unpaired) electrons. The maximum Gasteiger partial charge on any atom is 0.269 e. The lowest BCUT2D eigenvalue weighted by atomic mass is 10.1. The highest BCUT2D eigenvalue weighted by Crippen LogP contribution is 2.31. The number of nitrogens with zero attached hydrogens (tertiary/aromatic N) is 1. The Hall–Kier alpha value is -3.87. The lowest BCUT2D eigenvalue weighted by Crippen LogP contribution is -2.03. The van der Waals surface area contributed by atoms with Crippen molar-refractivity contribution in [1.82, 2.24) is 0 Å². The second-order valence-electron chi connectivity index (χ2n) is 5.96. The van der Waals surface area contributed by atoms with Gasteiger partial charge in [0.05, 0.1) is 10.3 Å². The van der Waals surface area contributed by atoms with Gasteiger partial charge in [0.25, 0.3) is 5.69 Å². The van der Waals surface area contributed by atoms with Crippen LogP contribution in [0.2, 0.25) is 0 Å². The first-order valence-corrected chi connectivity index (χ1v) is 8.07. The van der Waals surface area contributed by atoms with Crippen molar-refractivity contribution < 1.29 is 19.2 Å². The third-order valence-electron chi connectivity index (χ3n) is 4.19. The van der Waals surface area contributed by atoms with E-state index >= 15 is 0 Å². The van der Waals surface area contributed by atoms with E-state index in [1.54, 1.807) is 36.4 Å². The number of ether oxygens (including phenoxy) is 1. The molecule has 1 aromatic heterocycles. The van der Waals surface area contributed by atoms with Crippen LogP contribution in [0.3, 0.4) is 0 Å². The summed E-state index contributed by atoms with van der Waals surface area (Å²) >= 11 is 0. The van der Waals surface area contributed by atoms with Crippen LogP contribution in [-0.4, -0.2) is 10.0 Å². The van der Waals surface area contributed by atoms with Crippen LogP contribution in [0.1, 0.15) is 5.56 Å². The van der Waals surface area contributed by atoms with Crippen molar-refractivity contribution in [2.75, 3.05) is 0 Å². The molecule has 27 heavy (non-hydrogen) atoms. The van der Waals surface area contributed by atoms with Gasteiger partial charge in [-0.25, -0.2) is 0 Å². The number of para-hydroxylation sites is 1. The van der Waals surface area contributed by atoms with E-state index in [1.807, 2.05) is 0 Å². The minimum atomic E-state index is -0.474. The van der Waals surface area contributed by atoms with E-state index in [-0.39, 0.29) is 34.4 Å². The maximum absolute atomic E-state index is 12.6.